The number of aromatic nitrogens is 1. The molecule has 11 heteroatoms. The fourth-order valence-corrected chi connectivity index (χ4v) is 2.44. The van der Waals surface area contributed by atoms with Gasteiger partial charge in [0.2, 0.25) is 0 Å². The molecule has 2 aromatic rings. The number of primary amides is 1. The summed E-state index contributed by atoms with van der Waals surface area (Å²) in [5, 5.41) is 0. The molecule has 1 aromatic carbocycles. The second kappa shape index (κ2) is 10.9. The zero-order chi connectivity index (χ0) is 23.7. The van der Waals surface area contributed by atoms with Gasteiger partial charge in [-0.3, -0.25) is 9.59 Å². The Morgan fingerprint density at radius 3 is 2.50 bits per heavy atom. The topological polar surface area (TPSA) is 113 Å². The van der Waals surface area contributed by atoms with E-state index in [0.717, 1.165) is 6.07 Å². The first kappa shape index (κ1) is 24.4. The molecule has 0 unspecified atom stereocenters. The summed E-state index contributed by atoms with van der Waals surface area (Å²) >= 11 is 0. The van der Waals surface area contributed by atoms with E-state index in [4.69, 9.17) is 19.9 Å². The van der Waals surface area contributed by atoms with Gasteiger partial charge in [-0.05, 0) is 29.7 Å². The predicted molar refractivity (Wildman–Crippen MR) is 107 cm³/mol. The second-order valence-electron chi connectivity index (χ2n) is 6.16. The summed E-state index contributed by atoms with van der Waals surface area (Å²) < 4.78 is 59.8. The lowest BCUT2D eigenvalue weighted by Gasteiger charge is -2.14. The highest BCUT2D eigenvalue weighted by Crippen LogP contribution is 2.35. The van der Waals surface area contributed by atoms with Gasteiger partial charge < -0.3 is 29.7 Å². The molecule has 0 saturated heterocycles. The van der Waals surface area contributed by atoms with Gasteiger partial charge in [0.15, 0.2) is 19.0 Å². The number of ether oxygens (including phenoxy) is 4. The van der Waals surface area contributed by atoms with E-state index in [1.54, 1.807) is 19.2 Å². The SMILES string of the molecule is COC.NC(=O)c1cc(-c2ccc(OCC3=COCC#CO3)cc2)c(C(F)(F)F)[nH]c1=O. The summed E-state index contributed by atoms with van der Waals surface area (Å²) in [6, 6.07) is 6.37. The van der Waals surface area contributed by atoms with Gasteiger partial charge in [0, 0.05) is 19.8 Å². The van der Waals surface area contributed by atoms with E-state index in [-0.39, 0.29) is 18.8 Å². The van der Waals surface area contributed by atoms with Crippen LogP contribution in [0.1, 0.15) is 16.1 Å². The fourth-order valence-electron chi connectivity index (χ4n) is 2.44. The van der Waals surface area contributed by atoms with Crippen molar-refractivity contribution in [1.29, 1.82) is 0 Å². The highest BCUT2D eigenvalue weighted by Gasteiger charge is 2.36. The number of hydrogen-bond donors (Lipinski definition) is 2. The van der Waals surface area contributed by atoms with Crippen molar-refractivity contribution in [3.05, 3.63) is 64.0 Å². The molecule has 3 N–H and O–H groups in total. The highest BCUT2D eigenvalue weighted by molar-refractivity contribution is 5.94. The number of carbonyl (C=O) groups is 1. The van der Waals surface area contributed by atoms with Gasteiger partial charge in [0.1, 0.15) is 29.4 Å². The summed E-state index contributed by atoms with van der Waals surface area (Å²) in [5.41, 5.74) is 1.70. The molecule has 0 saturated carbocycles. The van der Waals surface area contributed by atoms with Crippen LogP contribution in [0.5, 0.6) is 5.75 Å². The summed E-state index contributed by atoms with van der Waals surface area (Å²) in [4.78, 5) is 24.7. The molecule has 32 heavy (non-hydrogen) atoms. The minimum atomic E-state index is -4.84. The minimum absolute atomic E-state index is 0.00763. The predicted octanol–water partition coefficient (Wildman–Crippen LogP) is 2.65. The van der Waals surface area contributed by atoms with Crippen LogP contribution in [0.25, 0.3) is 11.1 Å². The standard InChI is InChI=1S/C19H13F3N2O5.C2H6O/c20-19(21,22)16-14(8-15(17(23)25)18(26)24-16)11-2-4-12(5-3-11)29-10-13-9-27-6-1-7-28-13;1-3-2/h2-5,8-9H,6,10H2,(H2,23,25)(H,24,26);1-2H3. The molecule has 1 aromatic heterocycles. The maximum Gasteiger partial charge on any atom is 0.431 e. The van der Waals surface area contributed by atoms with Crippen molar-refractivity contribution in [1.82, 2.24) is 4.98 Å². The molecule has 0 radical (unpaired) electrons. The summed E-state index contributed by atoms with van der Waals surface area (Å²) in [6.45, 7) is 0.179. The van der Waals surface area contributed by atoms with Gasteiger partial charge in [0.05, 0.1) is 0 Å². The number of methoxy groups -OCH3 is 1. The Balaban J connectivity index is 0.00000114. The van der Waals surface area contributed by atoms with Gasteiger partial charge in [-0.2, -0.15) is 13.2 Å². The van der Waals surface area contributed by atoms with Crippen molar-refractivity contribution >= 4 is 5.91 Å². The Labute approximate surface area is 180 Å². The number of amides is 1. The average molecular weight is 452 g/mol. The molecule has 0 aliphatic carbocycles. The third kappa shape index (κ3) is 6.55. The van der Waals surface area contributed by atoms with Crippen LogP contribution in [-0.2, 0) is 20.4 Å². The van der Waals surface area contributed by atoms with Crippen LogP contribution in [0.2, 0.25) is 0 Å². The Bertz CT molecular complexity index is 1100. The maximum absolute atomic E-state index is 13.3. The lowest BCUT2D eigenvalue weighted by molar-refractivity contribution is -0.140. The summed E-state index contributed by atoms with van der Waals surface area (Å²) in [5.74, 6) is 2.11. The molecule has 8 nitrogen and oxygen atoms in total. The number of aromatic amines is 1. The molecule has 0 bridgehead atoms. The quantitative estimate of drug-likeness (QED) is 0.675. The molecule has 0 fully saturated rings. The lowest BCUT2D eigenvalue weighted by atomic mass is 10.0. The van der Waals surface area contributed by atoms with Crippen molar-refractivity contribution in [3.8, 4) is 28.9 Å². The summed E-state index contributed by atoms with van der Waals surface area (Å²) in [7, 11) is 3.25. The van der Waals surface area contributed by atoms with E-state index in [0.29, 0.717) is 11.5 Å². The van der Waals surface area contributed by atoms with Gasteiger partial charge in [-0.25, -0.2) is 0 Å². The van der Waals surface area contributed by atoms with Gasteiger partial charge >= 0.3 is 6.18 Å². The first-order valence-corrected chi connectivity index (χ1v) is 8.90. The number of benzene rings is 1. The van der Waals surface area contributed by atoms with Crippen LogP contribution >= 0.6 is 0 Å². The zero-order valence-electron chi connectivity index (χ0n) is 17.0. The third-order valence-corrected chi connectivity index (χ3v) is 3.76. The molecular weight excluding hydrogens is 433 g/mol. The summed E-state index contributed by atoms with van der Waals surface area (Å²) in [6.07, 6.45) is -1.10. The van der Waals surface area contributed by atoms with Crippen molar-refractivity contribution in [2.24, 2.45) is 5.73 Å². The monoisotopic (exact) mass is 452 g/mol. The maximum atomic E-state index is 13.3. The number of pyridine rings is 1. The molecule has 1 aliphatic heterocycles. The third-order valence-electron chi connectivity index (χ3n) is 3.76. The fraction of sp³-hybridized carbons (Fsp3) is 0.238. The number of halogens is 3. The van der Waals surface area contributed by atoms with Gasteiger partial charge in [-0.15, -0.1) is 0 Å². The smallest absolute Gasteiger partial charge is 0.431 e. The first-order chi connectivity index (χ1) is 15.2. The number of nitrogens with one attached hydrogen (secondary N) is 1. The molecule has 3 rings (SSSR count). The average Bonchev–Trinajstić information content (AvgIpc) is 3.01. The van der Waals surface area contributed by atoms with E-state index >= 15 is 0 Å². The minimum Gasteiger partial charge on any atom is -0.485 e. The second-order valence-corrected chi connectivity index (χ2v) is 6.16. The van der Waals surface area contributed by atoms with Crippen molar-refractivity contribution in [2.45, 2.75) is 6.18 Å². The van der Waals surface area contributed by atoms with Crippen molar-refractivity contribution in [2.75, 3.05) is 27.4 Å². The largest absolute Gasteiger partial charge is 0.485 e. The van der Waals surface area contributed by atoms with Crippen LogP contribution in [0, 0.1) is 12.0 Å². The van der Waals surface area contributed by atoms with Crippen LogP contribution < -0.4 is 16.0 Å². The van der Waals surface area contributed by atoms with Crippen LogP contribution in [0.15, 0.2) is 47.1 Å². The van der Waals surface area contributed by atoms with E-state index in [9.17, 15) is 22.8 Å². The Morgan fingerprint density at radius 1 is 1.25 bits per heavy atom. The lowest BCUT2D eigenvalue weighted by Crippen LogP contribution is -2.27. The first-order valence-electron chi connectivity index (χ1n) is 8.90. The molecule has 2 heterocycles. The number of nitrogens with two attached hydrogens (primary N) is 1. The van der Waals surface area contributed by atoms with Crippen LogP contribution in [0.3, 0.4) is 0 Å². The Hall–Kier alpha value is -3.91. The zero-order valence-corrected chi connectivity index (χ0v) is 17.0. The molecule has 170 valence electrons. The number of carbonyl (C=O) groups excluding carboxylic acids is 1. The van der Waals surface area contributed by atoms with Crippen LogP contribution in [-0.4, -0.2) is 38.3 Å². The van der Waals surface area contributed by atoms with Crippen LogP contribution in [0.4, 0.5) is 13.2 Å². The number of hydrogen-bond acceptors (Lipinski definition) is 6. The van der Waals surface area contributed by atoms with E-state index < -0.39 is 34.5 Å². The van der Waals surface area contributed by atoms with Gasteiger partial charge in [-0.1, -0.05) is 12.1 Å². The Morgan fingerprint density at radius 2 is 1.91 bits per heavy atom. The van der Waals surface area contributed by atoms with E-state index in [1.165, 1.54) is 30.5 Å². The normalized spacial score (nSPS) is 12.5. The molecule has 1 aliphatic rings. The number of rotatable bonds is 5. The molecule has 0 atom stereocenters. The number of alkyl halides is 3. The molecule has 0 spiro atoms. The van der Waals surface area contributed by atoms with E-state index in [2.05, 4.69) is 16.8 Å². The van der Waals surface area contributed by atoms with E-state index in [1.807, 2.05) is 0 Å². The molecular formula is C21H19F3N2O6. The Kier molecular flexibility index (Phi) is 8.31. The molecule has 1 amide bonds. The van der Waals surface area contributed by atoms with Crippen molar-refractivity contribution in [3.63, 3.8) is 0 Å². The van der Waals surface area contributed by atoms with Gasteiger partial charge in [0.25, 0.3) is 11.5 Å². The highest BCUT2D eigenvalue weighted by atomic mass is 19.4. The van der Waals surface area contributed by atoms with Crippen molar-refractivity contribution < 1.29 is 36.9 Å². The number of H-pyrrole nitrogens is 1.